The Balaban J connectivity index is 2.75. The maximum atomic E-state index is 11.6. The van der Waals surface area contributed by atoms with Crippen molar-refractivity contribution in [2.24, 2.45) is 0 Å². The zero-order valence-electron chi connectivity index (χ0n) is 9.21. The molecule has 82 valence electrons. The van der Waals surface area contributed by atoms with Gasteiger partial charge in [0.15, 0.2) is 0 Å². The highest BCUT2D eigenvalue weighted by molar-refractivity contribution is 14.1. The summed E-state index contributed by atoms with van der Waals surface area (Å²) >= 11 is 2.29. The molecule has 3 heteroatoms. The first-order valence-corrected chi connectivity index (χ1v) is 6.33. The molecule has 0 saturated heterocycles. The van der Waals surface area contributed by atoms with E-state index in [2.05, 4.69) is 22.6 Å². The molecular formula is C12H15IO2. The van der Waals surface area contributed by atoms with Crippen molar-refractivity contribution in [3.05, 3.63) is 35.4 Å². The molecule has 15 heavy (non-hydrogen) atoms. The summed E-state index contributed by atoms with van der Waals surface area (Å²) in [7, 11) is 0. The van der Waals surface area contributed by atoms with Crippen LogP contribution in [0.5, 0.6) is 0 Å². The monoisotopic (exact) mass is 318 g/mol. The van der Waals surface area contributed by atoms with Crippen molar-refractivity contribution < 1.29 is 9.53 Å². The Labute approximate surface area is 104 Å². The molecule has 0 aliphatic rings. The Bertz CT molecular complexity index is 336. The fourth-order valence-electron chi connectivity index (χ4n) is 1.07. The number of halogens is 1. The molecule has 0 bridgehead atoms. The summed E-state index contributed by atoms with van der Waals surface area (Å²) in [5.74, 6) is -0.262. The zero-order valence-corrected chi connectivity index (χ0v) is 11.4. The molecule has 0 spiro atoms. The minimum atomic E-state index is -0.432. The Morgan fingerprint density at radius 2 is 1.80 bits per heavy atom. The summed E-state index contributed by atoms with van der Waals surface area (Å²) in [6, 6.07) is 7.52. The van der Waals surface area contributed by atoms with Crippen LogP contribution in [0.1, 0.15) is 36.7 Å². The van der Waals surface area contributed by atoms with Gasteiger partial charge in [-0.05, 0) is 38.5 Å². The number of rotatable bonds is 2. The van der Waals surface area contributed by atoms with Gasteiger partial charge in [0, 0.05) is 4.43 Å². The molecule has 2 nitrogen and oxygen atoms in total. The Morgan fingerprint density at radius 1 is 1.27 bits per heavy atom. The van der Waals surface area contributed by atoms with Gasteiger partial charge in [0.1, 0.15) is 5.60 Å². The molecule has 1 rings (SSSR count). The average Bonchev–Trinajstić information content (AvgIpc) is 2.15. The lowest BCUT2D eigenvalue weighted by Crippen LogP contribution is -2.23. The van der Waals surface area contributed by atoms with Gasteiger partial charge in [-0.1, -0.05) is 34.7 Å². The van der Waals surface area contributed by atoms with Crippen LogP contribution in [0.4, 0.5) is 0 Å². The van der Waals surface area contributed by atoms with Crippen molar-refractivity contribution in [2.75, 3.05) is 0 Å². The SMILES string of the molecule is CC(C)(C)OC(=O)c1ccc(CI)cc1. The second-order valence-corrected chi connectivity index (χ2v) is 5.10. The zero-order chi connectivity index (χ0) is 11.5. The molecule has 0 aromatic heterocycles. The summed E-state index contributed by atoms with van der Waals surface area (Å²) in [6.07, 6.45) is 0. The van der Waals surface area contributed by atoms with Gasteiger partial charge in [0.05, 0.1) is 5.56 Å². The third kappa shape index (κ3) is 4.20. The Kier molecular flexibility index (Phi) is 4.13. The van der Waals surface area contributed by atoms with Crippen molar-refractivity contribution in [3.8, 4) is 0 Å². The largest absolute Gasteiger partial charge is 0.456 e. The van der Waals surface area contributed by atoms with Crippen LogP contribution in [0.2, 0.25) is 0 Å². The van der Waals surface area contributed by atoms with E-state index < -0.39 is 5.60 Å². The molecule has 0 fully saturated rings. The van der Waals surface area contributed by atoms with Crippen molar-refractivity contribution >= 4 is 28.6 Å². The fourth-order valence-corrected chi connectivity index (χ4v) is 1.58. The number of carbonyl (C=O) groups is 1. The average molecular weight is 318 g/mol. The maximum Gasteiger partial charge on any atom is 0.338 e. The highest BCUT2D eigenvalue weighted by Gasteiger charge is 2.17. The van der Waals surface area contributed by atoms with Crippen LogP contribution < -0.4 is 0 Å². The number of carbonyl (C=O) groups excluding carboxylic acids is 1. The van der Waals surface area contributed by atoms with Crippen LogP contribution in [0, 0.1) is 0 Å². The lowest BCUT2D eigenvalue weighted by molar-refractivity contribution is 0.00696. The van der Waals surface area contributed by atoms with Gasteiger partial charge in [0.25, 0.3) is 0 Å². The fraction of sp³-hybridized carbons (Fsp3) is 0.417. The standard InChI is InChI=1S/C12H15IO2/c1-12(2,3)15-11(14)10-6-4-9(8-13)5-7-10/h4-7H,8H2,1-3H3. The number of ether oxygens (including phenoxy) is 1. The first-order valence-electron chi connectivity index (χ1n) is 4.80. The van der Waals surface area contributed by atoms with Gasteiger partial charge in [0.2, 0.25) is 0 Å². The summed E-state index contributed by atoms with van der Waals surface area (Å²) < 4.78 is 6.21. The molecule has 0 saturated carbocycles. The number of esters is 1. The number of benzene rings is 1. The van der Waals surface area contributed by atoms with Crippen LogP contribution in [-0.2, 0) is 9.16 Å². The highest BCUT2D eigenvalue weighted by atomic mass is 127. The first kappa shape index (κ1) is 12.5. The minimum Gasteiger partial charge on any atom is -0.456 e. The molecule has 0 atom stereocenters. The van der Waals surface area contributed by atoms with E-state index in [1.54, 1.807) is 0 Å². The number of hydrogen-bond donors (Lipinski definition) is 0. The second kappa shape index (κ2) is 4.96. The van der Waals surface area contributed by atoms with Crippen molar-refractivity contribution in [3.63, 3.8) is 0 Å². The topological polar surface area (TPSA) is 26.3 Å². The molecule has 0 amide bonds. The molecule has 0 aliphatic carbocycles. The normalized spacial score (nSPS) is 11.2. The van der Waals surface area contributed by atoms with Crippen molar-refractivity contribution in [1.29, 1.82) is 0 Å². The molecule has 0 heterocycles. The van der Waals surface area contributed by atoms with Gasteiger partial charge in [-0.15, -0.1) is 0 Å². The lowest BCUT2D eigenvalue weighted by atomic mass is 10.1. The van der Waals surface area contributed by atoms with E-state index in [1.807, 2.05) is 45.0 Å². The van der Waals surface area contributed by atoms with Crippen molar-refractivity contribution in [2.45, 2.75) is 30.8 Å². The van der Waals surface area contributed by atoms with E-state index in [0.29, 0.717) is 5.56 Å². The van der Waals surface area contributed by atoms with Gasteiger partial charge in [-0.25, -0.2) is 4.79 Å². The molecule has 1 aromatic carbocycles. The summed E-state index contributed by atoms with van der Waals surface area (Å²) in [6.45, 7) is 5.60. The van der Waals surface area contributed by atoms with E-state index in [0.717, 1.165) is 4.43 Å². The van der Waals surface area contributed by atoms with Crippen LogP contribution >= 0.6 is 22.6 Å². The maximum absolute atomic E-state index is 11.6. The quantitative estimate of drug-likeness (QED) is 0.473. The molecule has 0 radical (unpaired) electrons. The first-order chi connectivity index (χ1) is 6.92. The van der Waals surface area contributed by atoms with E-state index in [1.165, 1.54) is 5.56 Å². The lowest BCUT2D eigenvalue weighted by Gasteiger charge is -2.19. The summed E-state index contributed by atoms with van der Waals surface area (Å²) in [5, 5.41) is 0. The molecule has 0 N–H and O–H groups in total. The van der Waals surface area contributed by atoms with Crippen LogP contribution in [0.3, 0.4) is 0 Å². The van der Waals surface area contributed by atoms with Gasteiger partial charge >= 0.3 is 5.97 Å². The predicted molar refractivity (Wildman–Crippen MR) is 69.3 cm³/mol. The van der Waals surface area contributed by atoms with Gasteiger partial charge < -0.3 is 4.74 Å². The summed E-state index contributed by atoms with van der Waals surface area (Å²) in [5.41, 5.74) is 1.39. The van der Waals surface area contributed by atoms with E-state index in [-0.39, 0.29) is 5.97 Å². The Hall–Kier alpha value is -0.580. The molecular weight excluding hydrogens is 303 g/mol. The summed E-state index contributed by atoms with van der Waals surface area (Å²) in [4.78, 5) is 11.6. The molecule has 1 aromatic rings. The molecule has 0 unspecified atom stereocenters. The predicted octanol–water partition coefficient (Wildman–Crippen LogP) is 3.58. The van der Waals surface area contributed by atoms with Crippen LogP contribution in [-0.4, -0.2) is 11.6 Å². The Morgan fingerprint density at radius 3 is 2.20 bits per heavy atom. The third-order valence-corrected chi connectivity index (χ3v) is 2.62. The number of hydrogen-bond acceptors (Lipinski definition) is 2. The van der Waals surface area contributed by atoms with E-state index in [9.17, 15) is 4.79 Å². The van der Waals surface area contributed by atoms with Gasteiger partial charge in [-0.3, -0.25) is 0 Å². The second-order valence-electron chi connectivity index (χ2n) is 4.33. The van der Waals surface area contributed by atoms with Crippen LogP contribution in [0.15, 0.2) is 24.3 Å². The number of alkyl halides is 1. The highest BCUT2D eigenvalue weighted by Crippen LogP contribution is 2.13. The van der Waals surface area contributed by atoms with Crippen LogP contribution in [0.25, 0.3) is 0 Å². The van der Waals surface area contributed by atoms with E-state index in [4.69, 9.17) is 4.74 Å². The van der Waals surface area contributed by atoms with Gasteiger partial charge in [-0.2, -0.15) is 0 Å². The third-order valence-electron chi connectivity index (χ3n) is 1.74. The minimum absolute atomic E-state index is 0.262. The van der Waals surface area contributed by atoms with Crippen molar-refractivity contribution in [1.82, 2.24) is 0 Å². The smallest absolute Gasteiger partial charge is 0.338 e. The van der Waals surface area contributed by atoms with E-state index >= 15 is 0 Å². The molecule has 0 aliphatic heterocycles.